The van der Waals surface area contributed by atoms with Gasteiger partial charge in [0.1, 0.15) is 12.1 Å². The molecule has 2 aromatic rings. The molecule has 0 saturated carbocycles. The molecule has 2 fully saturated rings. The molecular formula is C19H24N4O2. The van der Waals surface area contributed by atoms with Crippen molar-refractivity contribution in [3.8, 4) is 0 Å². The van der Waals surface area contributed by atoms with E-state index in [9.17, 15) is 0 Å². The number of nitrogens with zero attached hydrogens (tertiary/aromatic N) is 4. The summed E-state index contributed by atoms with van der Waals surface area (Å²) in [6, 6.07) is 5.98. The highest BCUT2D eigenvalue weighted by Crippen LogP contribution is 2.41. The Balaban J connectivity index is 1.46. The number of pyridine rings is 1. The fourth-order valence-corrected chi connectivity index (χ4v) is 4.02. The van der Waals surface area contributed by atoms with E-state index in [0.717, 1.165) is 50.3 Å². The lowest BCUT2D eigenvalue weighted by atomic mass is 9.73. The van der Waals surface area contributed by atoms with Crippen molar-refractivity contribution in [1.29, 1.82) is 0 Å². The van der Waals surface area contributed by atoms with Gasteiger partial charge in [-0.25, -0.2) is 9.97 Å². The number of rotatable bonds is 5. The van der Waals surface area contributed by atoms with Crippen LogP contribution in [0.15, 0.2) is 43.1 Å². The molecule has 4 rings (SSSR count). The van der Waals surface area contributed by atoms with E-state index < -0.39 is 0 Å². The van der Waals surface area contributed by atoms with Crippen molar-refractivity contribution in [2.24, 2.45) is 5.41 Å². The number of hydrogen-bond acceptors (Lipinski definition) is 6. The highest BCUT2D eigenvalue weighted by Gasteiger charge is 2.46. The van der Waals surface area contributed by atoms with E-state index in [2.05, 4.69) is 19.9 Å². The summed E-state index contributed by atoms with van der Waals surface area (Å²) >= 11 is 0. The van der Waals surface area contributed by atoms with E-state index >= 15 is 0 Å². The van der Waals surface area contributed by atoms with E-state index in [1.165, 1.54) is 0 Å². The summed E-state index contributed by atoms with van der Waals surface area (Å²) in [5.41, 5.74) is 1.19. The minimum Gasteiger partial charge on any atom is -0.377 e. The van der Waals surface area contributed by atoms with Gasteiger partial charge in [0.25, 0.3) is 0 Å². The highest BCUT2D eigenvalue weighted by atomic mass is 16.5. The molecule has 6 heteroatoms. The van der Waals surface area contributed by atoms with Crippen molar-refractivity contribution < 1.29 is 9.47 Å². The van der Waals surface area contributed by atoms with Crippen LogP contribution in [0.25, 0.3) is 0 Å². The van der Waals surface area contributed by atoms with Crippen LogP contribution in [0.2, 0.25) is 0 Å². The molecule has 0 bridgehead atoms. The van der Waals surface area contributed by atoms with Crippen LogP contribution < -0.4 is 4.90 Å². The number of aromatic nitrogens is 3. The van der Waals surface area contributed by atoms with E-state index in [4.69, 9.17) is 9.47 Å². The minimum atomic E-state index is 0.0362. The van der Waals surface area contributed by atoms with Crippen LogP contribution in [0.5, 0.6) is 0 Å². The predicted molar refractivity (Wildman–Crippen MR) is 94.2 cm³/mol. The molecule has 2 aliphatic heterocycles. The fraction of sp³-hybridized carbons (Fsp3) is 0.526. The lowest BCUT2D eigenvalue weighted by Gasteiger charge is -2.50. The molecule has 0 amide bonds. The van der Waals surface area contributed by atoms with E-state index in [1.807, 2.05) is 18.2 Å². The third-order valence-electron chi connectivity index (χ3n) is 5.29. The van der Waals surface area contributed by atoms with Crippen LogP contribution in [-0.4, -0.2) is 47.4 Å². The van der Waals surface area contributed by atoms with Crippen molar-refractivity contribution in [2.75, 3.05) is 31.2 Å². The lowest BCUT2D eigenvalue weighted by molar-refractivity contribution is -0.127. The van der Waals surface area contributed by atoms with Gasteiger partial charge in [-0.2, -0.15) is 0 Å². The second kappa shape index (κ2) is 7.45. The lowest BCUT2D eigenvalue weighted by Crippen LogP contribution is -2.57. The summed E-state index contributed by atoms with van der Waals surface area (Å²) in [5, 5.41) is 0. The van der Waals surface area contributed by atoms with Crippen LogP contribution in [-0.2, 0) is 16.1 Å². The van der Waals surface area contributed by atoms with Gasteiger partial charge in [-0.1, -0.05) is 0 Å². The Kier molecular flexibility index (Phi) is 4.90. The molecule has 6 nitrogen and oxygen atoms in total. The molecule has 0 spiro atoms. The Morgan fingerprint density at radius 1 is 1.20 bits per heavy atom. The van der Waals surface area contributed by atoms with Crippen molar-refractivity contribution in [3.05, 3.63) is 48.7 Å². The number of ether oxygens (including phenoxy) is 2. The van der Waals surface area contributed by atoms with Crippen LogP contribution in [0.3, 0.4) is 0 Å². The van der Waals surface area contributed by atoms with Gasteiger partial charge in [-0.3, -0.25) is 4.98 Å². The van der Waals surface area contributed by atoms with E-state index in [-0.39, 0.29) is 11.5 Å². The maximum Gasteiger partial charge on any atom is 0.131 e. The predicted octanol–water partition coefficient (Wildman–Crippen LogP) is 2.46. The van der Waals surface area contributed by atoms with Crippen LogP contribution >= 0.6 is 0 Å². The summed E-state index contributed by atoms with van der Waals surface area (Å²) in [6.07, 6.45) is 10.5. The molecule has 25 heavy (non-hydrogen) atoms. The van der Waals surface area contributed by atoms with Gasteiger partial charge in [0.2, 0.25) is 0 Å². The molecule has 0 aromatic carbocycles. The highest BCUT2D eigenvalue weighted by molar-refractivity contribution is 5.38. The smallest absolute Gasteiger partial charge is 0.131 e. The average molecular weight is 340 g/mol. The fourth-order valence-electron chi connectivity index (χ4n) is 4.02. The van der Waals surface area contributed by atoms with Crippen LogP contribution in [0.1, 0.15) is 24.8 Å². The largest absolute Gasteiger partial charge is 0.377 e. The van der Waals surface area contributed by atoms with E-state index in [1.54, 1.807) is 24.9 Å². The molecular weight excluding hydrogens is 316 g/mol. The topological polar surface area (TPSA) is 60.4 Å². The second-order valence-electron chi connectivity index (χ2n) is 6.95. The van der Waals surface area contributed by atoms with Gasteiger partial charge in [0, 0.05) is 43.7 Å². The molecule has 2 aromatic heterocycles. The zero-order chi connectivity index (χ0) is 17.0. The summed E-state index contributed by atoms with van der Waals surface area (Å²) in [6.45, 7) is 4.08. The Bertz CT molecular complexity index is 670. The average Bonchev–Trinajstić information content (AvgIpc) is 2.69. The Morgan fingerprint density at radius 3 is 2.92 bits per heavy atom. The Labute approximate surface area is 148 Å². The van der Waals surface area contributed by atoms with Gasteiger partial charge < -0.3 is 14.4 Å². The quantitative estimate of drug-likeness (QED) is 0.833. The molecule has 2 saturated heterocycles. The van der Waals surface area contributed by atoms with Gasteiger partial charge in [-0.05, 0) is 43.0 Å². The number of hydrogen-bond donors (Lipinski definition) is 0. The molecule has 2 aliphatic rings. The van der Waals surface area contributed by atoms with Crippen LogP contribution in [0, 0.1) is 5.41 Å². The summed E-state index contributed by atoms with van der Waals surface area (Å²) in [5.74, 6) is 0.993. The van der Waals surface area contributed by atoms with E-state index in [0.29, 0.717) is 13.2 Å². The monoisotopic (exact) mass is 340 g/mol. The van der Waals surface area contributed by atoms with Gasteiger partial charge in [-0.15, -0.1) is 0 Å². The van der Waals surface area contributed by atoms with Crippen LogP contribution in [0.4, 0.5) is 5.82 Å². The first-order valence-electron chi connectivity index (χ1n) is 8.95. The first-order chi connectivity index (χ1) is 12.4. The molecule has 0 radical (unpaired) electrons. The SMILES string of the molecule is c1cc(COC[C@]23CCCO[C@@H]2CCN(c2ccncn2)C3)ccn1. The molecule has 0 unspecified atom stereocenters. The molecule has 4 heterocycles. The summed E-state index contributed by atoms with van der Waals surface area (Å²) in [7, 11) is 0. The number of anilines is 1. The zero-order valence-electron chi connectivity index (χ0n) is 14.4. The zero-order valence-corrected chi connectivity index (χ0v) is 14.4. The standard InChI is InChI=1S/C19H24N4O2/c1-6-19(14-24-12-16-2-7-20-8-3-16)13-23(10-5-17(19)25-11-1)18-4-9-21-15-22-18/h2-4,7-9,15,17H,1,5-6,10-14H2/t17-,19-/m1/s1. The molecule has 0 N–H and O–H groups in total. The Hall–Kier alpha value is -2.05. The van der Waals surface area contributed by atoms with Gasteiger partial charge in [0.05, 0.1) is 19.3 Å². The van der Waals surface area contributed by atoms with Gasteiger partial charge >= 0.3 is 0 Å². The van der Waals surface area contributed by atoms with Crippen molar-refractivity contribution in [3.63, 3.8) is 0 Å². The van der Waals surface area contributed by atoms with Crippen molar-refractivity contribution in [2.45, 2.75) is 32.0 Å². The normalized spacial score (nSPS) is 26.2. The molecule has 0 aliphatic carbocycles. The first-order valence-corrected chi connectivity index (χ1v) is 8.95. The maximum absolute atomic E-state index is 6.14. The second-order valence-corrected chi connectivity index (χ2v) is 6.95. The van der Waals surface area contributed by atoms with Crippen molar-refractivity contribution in [1.82, 2.24) is 15.0 Å². The molecule has 2 atom stereocenters. The number of piperidine rings is 1. The third-order valence-corrected chi connectivity index (χ3v) is 5.29. The summed E-state index contributed by atoms with van der Waals surface area (Å²) < 4.78 is 12.3. The Morgan fingerprint density at radius 2 is 2.08 bits per heavy atom. The first kappa shape index (κ1) is 16.4. The maximum atomic E-state index is 6.14. The van der Waals surface area contributed by atoms with Crippen molar-refractivity contribution >= 4 is 5.82 Å². The molecule has 132 valence electrons. The number of fused-ring (bicyclic) bond motifs is 1. The summed E-state index contributed by atoms with van der Waals surface area (Å²) in [4.78, 5) is 14.9. The third kappa shape index (κ3) is 3.65. The minimum absolute atomic E-state index is 0.0362. The van der Waals surface area contributed by atoms with Gasteiger partial charge in [0.15, 0.2) is 0 Å².